The molecule has 0 fully saturated rings. The van der Waals surface area contributed by atoms with Gasteiger partial charge in [-0.2, -0.15) is 0 Å². The number of anilines is 1. The summed E-state index contributed by atoms with van der Waals surface area (Å²) in [5, 5.41) is 0. The molecule has 1 aromatic carbocycles. The van der Waals surface area contributed by atoms with E-state index in [1.165, 1.54) is 0 Å². The molecule has 2 aromatic rings. The van der Waals surface area contributed by atoms with Gasteiger partial charge in [0.15, 0.2) is 0 Å². The van der Waals surface area contributed by atoms with Crippen molar-refractivity contribution in [3.05, 3.63) is 43.0 Å². The Hall–Kier alpha value is -0.536. The van der Waals surface area contributed by atoms with Crippen molar-refractivity contribution in [2.24, 2.45) is 0 Å². The van der Waals surface area contributed by atoms with E-state index in [1.807, 2.05) is 35.0 Å². The second-order valence-electron chi connectivity index (χ2n) is 2.56. The number of rotatable bonds is 1. The Kier molecular flexibility index (Phi) is 3.76. The van der Waals surface area contributed by atoms with Crippen LogP contribution >= 0.6 is 0 Å². The van der Waals surface area contributed by atoms with Crippen molar-refractivity contribution in [2.45, 2.75) is 0 Å². The van der Waals surface area contributed by atoms with Gasteiger partial charge in [-0.1, -0.05) is 0 Å². The van der Waals surface area contributed by atoms with Crippen LogP contribution in [-0.2, 0) is 0 Å². The van der Waals surface area contributed by atoms with Gasteiger partial charge >= 0.3 is 0 Å². The van der Waals surface area contributed by atoms with Gasteiger partial charge in [-0.05, 0) is 24.3 Å². The molecule has 3 nitrogen and oxygen atoms in total. The molecule has 0 saturated carbocycles. The van der Waals surface area contributed by atoms with Crippen molar-refractivity contribution in [1.29, 1.82) is 0 Å². The number of nitrogens with two attached hydrogens (primary N) is 1. The largest absolute Gasteiger partial charge is 0.399 e. The van der Waals surface area contributed by atoms with Gasteiger partial charge in [0.1, 0.15) is 0 Å². The van der Waals surface area contributed by atoms with Crippen molar-refractivity contribution in [1.82, 2.24) is 9.55 Å². The minimum atomic E-state index is 0. The molecule has 0 spiro atoms. The summed E-state index contributed by atoms with van der Waals surface area (Å²) in [4.78, 5) is 3.95. The van der Waals surface area contributed by atoms with Gasteiger partial charge in [-0.15, -0.1) is 0 Å². The average Bonchev–Trinajstić information content (AvgIpc) is 2.58. The number of nitrogens with zero attached hydrogens (tertiary/aromatic N) is 2. The first-order valence-corrected chi connectivity index (χ1v) is 3.70. The molecule has 2 N–H and O–H groups in total. The maximum absolute atomic E-state index is 5.56. The van der Waals surface area contributed by atoms with Crippen LogP contribution in [0.1, 0.15) is 0 Å². The van der Waals surface area contributed by atoms with Crippen LogP contribution in [0.2, 0.25) is 0 Å². The number of aromatic nitrogens is 2. The fourth-order valence-electron chi connectivity index (χ4n) is 1.06. The van der Waals surface area contributed by atoms with Crippen molar-refractivity contribution in [2.75, 3.05) is 5.73 Å². The molecule has 4 heteroatoms. The molecule has 0 unspecified atom stereocenters. The first-order chi connectivity index (χ1) is 5.86. The van der Waals surface area contributed by atoms with Gasteiger partial charge in [0.05, 0.1) is 6.33 Å². The topological polar surface area (TPSA) is 43.8 Å². The summed E-state index contributed by atoms with van der Waals surface area (Å²) in [7, 11) is 0. The van der Waals surface area contributed by atoms with Crippen LogP contribution in [0.4, 0.5) is 5.69 Å². The molecule has 1 radical (unpaired) electrons. The Morgan fingerprint density at radius 2 is 1.85 bits per heavy atom. The van der Waals surface area contributed by atoms with Gasteiger partial charge in [0.25, 0.3) is 0 Å². The molecule has 0 aliphatic heterocycles. The minimum absolute atomic E-state index is 0. The predicted molar refractivity (Wildman–Crippen MR) is 48.0 cm³/mol. The third-order valence-corrected chi connectivity index (χ3v) is 1.70. The van der Waals surface area contributed by atoms with Gasteiger partial charge in [0, 0.05) is 60.6 Å². The minimum Gasteiger partial charge on any atom is -0.399 e. The van der Waals surface area contributed by atoms with Crippen molar-refractivity contribution in [3.8, 4) is 5.69 Å². The summed E-state index contributed by atoms with van der Waals surface area (Å²) >= 11 is 0. The normalized spacial score (nSPS) is 9.23. The second-order valence-corrected chi connectivity index (χ2v) is 2.56. The Morgan fingerprint density at radius 1 is 1.15 bits per heavy atom. The van der Waals surface area contributed by atoms with Crippen LogP contribution in [0.3, 0.4) is 0 Å². The molecular weight excluding hydrogens is 325 g/mol. The number of hydrogen-bond acceptors (Lipinski definition) is 2. The van der Waals surface area contributed by atoms with Crippen LogP contribution in [0, 0.1) is 36.9 Å². The standard InChI is InChI=1S/C9H9N3.Lu/c10-8-1-3-9(4-2-8)12-6-5-11-7-12;/h1-7H,10H2;. The van der Waals surface area contributed by atoms with Crippen molar-refractivity contribution < 1.29 is 36.9 Å². The Bertz CT molecular complexity index is 353. The van der Waals surface area contributed by atoms with Crippen LogP contribution in [0.25, 0.3) is 5.69 Å². The van der Waals surface area contributed by atoms with Gasteiger partial charge in [-0.3, -0.25) is 0 Å². The molecule has 0 amide bonds. The summed E-state index contributed by atoms with van der Waals surface area (Å²) in [5.74, 6) is 0. The molecule has 0 bridgehead atoms. The molecular formula is C9H9LuN3. The summed E-state index contributed by atoms with van der Waals surface area (Å²) in [6.45, 7) is 0. The number of hydrogen-bond donors (Lipinski definition) is 1. The van der Waals surface area contributed by atoms with Gasteiger partial charge in [-0.25, -0.2) is 4.98 Å². The van der Waals surface area contributed by atoms with E-state index in [0.717, 1.165) is 11.4 Å². The van der Waals surface area contributed by atoms with E-state index in [2.05, 4.69) is 4.98 Å². The molecule has 0 atom stereocenters. The smallest absolute Gasteiger partial charge is 0.0991 e. The van der Waals surface area contributed by atoms with E-state index >= 15 is 0 Å². The zero-order valence-electron chi connectivity index (χ0n) is 6.77. The monoisotopic (exact) mass is 334 g/mol. The maximum Gasteiger partial charge on any atom is 0.0991 e. The summed E-state index contributed by atoms with van der Waals surface area (Å²) in [5.41, 5.74) is 7.40. The molecule has 13 heavy (non-hydrogen) atoms. The summed E-state index contributed by atoms with van der Waals surface area (Å²) < 4.78 is 1.93. The first kappa shape index (κ1) is 10.5. The van der Waals surface area contributed by atoms with Crippen LogP contribution in [-0.4, -0.2) is 9.55 Å². The molecule has 1 heterocycles. The quantitative estimate of drug-likeness (QED) is 0.803. The Labute approximate surface area is 106 Å². The van der Waals surface area contributed by atoms with Crippen LogP contribution in [0.15, 0.2) is 43.0 Å². The average molecular weight is 334 g/mol. The predicted octanol–water partition coefficient (Wildman–Crippen LogP) is 1.45. The van der Waals surface area contributed by atoms with Crippen molar-refractivity contribution >= 4 is 5.69 Å². The fourth-order valence-corrected chi connectivity index (χ4v) is 1.06. The van der Waals surface area contributed by atoms with E-state index in [1.54, 1.807) is 12.5 Å². The molecule has 0 aliphatic carbocycles. The zero-order valence-corrected chi connectivity index (χ0v) is 8.43. The maximum atomic E-state index is 5.56. The number of imidazole rings is 1. The van der Waals surface area contributed by atoms with E-state index < -0.39 is 0 Å². The number of nitrogen functional groups attached to an aromatic ring is 1. The third-order valence-electron chi connectivity index (χ3n) is 1.70. The fraction of sp³-hybridized carbons (Fsp3) is 0. The van der Waals surface area contributed by atoms with Crippen molar-refractivity contribution in [3.63, 3.8) is 0 Å². The third kappa shape index (κ3) is 2.45. The zero-order chi connectivity index (χ0) is 8.39. The number of benzene rings is 1. The Morgan fingerprint density at radius 3 is 2.38 bits per heavy atom. The molecule has 0 aliphatic rings. The van der Waals surface area contributed by atoms with Crippen LogP contribution < -0.4 is 5.73 Å². The van der Waals surface area contributed by atoms with E-state index in [4.69, 9.17) is 5.73 Å². The molecule has 1 aromatic heterocycles. The summed E-state index contributed by atoms with van der Waals surface area (Å²) in [6.07, 6.45) is 5.40. The van der Waals surface area contributed by atoms with E-state index in [0.29, 0.717) is 0 Å². The molecule has 2 rings (SSSR count). The van der Waals surface area contributed by atoms with Crippen LogP contribution in [0.5, 0.6) is 0 Å². The second kappa shape index (κ2) is 4.63. The first-order valence-electron chi connectivity index (χ1n) is 3.70. The SMILES string of the molecule is Nc1ccc(-n2ccnc2)cc1.[Lu]. The van der Waals surface area contributed by atoms with Gasteiger partial charge in [0.2, 0.25) is 0 Å². The van der Waals surface area contributed by atoms with E-state index in [9.17, 15) is 0 Å². The summed E-state index contributed by atoms with van der Waals surface area (Å²) in [6, 6.07) is 7.65. The van der Waals surface area contributed by atoms with Gasteiger partial charge < -0.3 is 10.3 Å². The Balaban J connectivity index is 0.000000845. The molecule has 75 valence electrons. The van der Waals surface area contributed by atoms with E-state index in [-0.39, 0.29) is 36.9 Å². The molecule has 0 saturated heterocycles.